The van der Waals surface area contributed by atoms with Gasteiger partial charge in [-0.25, -0.2) is 18.2 Å². The molecule has 1 aromatic heterocycles. The average Bonchev–Trinajstić information content (AvgIpc) is 4.06. The van der Waals surface area contributed by atoms with E-state index in [1.807, 2.05) is 36.4 Å². The molecule has 3 aliphatic carbocycles. The lowest BCUT2D eigenvalue weighted by Gasteiger charge is -2.35. The highest BCUT2D eigenvalue weighted by Gasteiger charge is 2.64. The van der Waals surface area contributed by atoms with E-state index in [1.165, 1.54) is 11.0 Å². The molecule has 5 atom stereocenters. The first-order chi connectivity index (χ1) is 27.0. The third-order valence-corrected chi connectivity index (χ3v) is 14.3. The van der Waals surface area contributed by atoms with Gasteiger partial charge in [0.05, 0.1) is 29.6 Å². The Labute approximate surface area is 332 Å². The van der Waals surface area contributed by atoms with Gasteiger partial charge in [0.2, 0.25) is 21.8 Å². The molecule has 5 unspecified atom stereocenters. The van der Waals surface area contributed by atoms with Crippen LogP contribution in [0.5, 0.6) is 11.5 Å². The summed E-state index contributed by atoms with van der Waals surface area (Å²) in [4.78, 5) is 60.9. The summed E-state index contributed by atoms with van der Waals surface area (Å²) >= 11 is 0. The number of carbonyl (C=O) groups is 4. The smallest absolute Gasteiger partial charge is 0.405 e. The highest BCUT2D eigenvalue weighted by molar-refractivity contribution is 7.91. The number of ether oxygens (including phenoxy) is 2. The van der Waals surface area contributed by atoms with Crippen LogP contribution in [0.1, 0.15) is 72.1 Å². The Morgan fingerprint density at radius 3 is 2.39 bits per heavy atom. The van der Waals surface area contributed by atoms with Gasteiger partial charge in [-0.3, -0.25) is 19.1 Å². The number of carboxylic acid groups (broad SMARTS) is 1. The van der Waals surface area contributed by atoms with Gasteiger partial charge in [0, 0.05) is 35.4 Å². The fourth-order valence-electron chi connectivity index (χ4n) is 8.25. The molecule has 0 bridgehead atoms. The molecule has 7 rings (SSSR count). The van der Waals surface area contributed by atoms with Gasteiger partial charge in [-0.1, -0.05) is 76.4 Å². The van der Waals surface area contributed by atoms with Crippen molar-refractivity contribution in [3.05, 3.63) is 67.3 Å². The summed E-state index contributed by atoms with van der Waals surface area (Å²) < 4.78 is 40.8. The number of hydrogen-bond acceptors (Lipinski definition) is 9. The number of amides is 4. The maximum Gasteiger partial charge on any atom is 0.405 e. The molecule has 4 amide bonds. The number of rotatable bonds is 14. The number of sulfonamides is 1. The van der Waals surface area contributed by atoms with Crippen molar-refractivity contribution >= 4 is 44.7 Å². The topological polar surface area (TPSA) is 193 Å². The minimum absolute atomic E-state index is 0.0125. The number of nitrogens with zero attached hydrogens (tertiary/aromatic N) is 2. The maximum absolute atomic E-state index is 14.5. The lowest BCUT2D eigenvalue weighted by molar-refractivity contribution is -0.142. The van der Waals surface area contributed by atoms with Gasteiger partial charge in [0.25, 0.3) is 5.91 Å². The van der Waals surface area contributed by atoms with Crippen molar-refractivity contribution in [1.82, 2.24) is 25.2 Å². The number of methoxy groups -OCH3 is 1. The number of likely N-dealkylation sites (tertiary alicyclic amines) is 1. The van der Waals surface area contributed by atoms with Crippen LogP contribution in [0.3, 0.4) is 0 Å². The van der Waals surface area contributed by atoms with Crippen molar-refractivity contribution in [2.45, 2.75) is 101 Å². The Kier molecular flexibility index (Phi) is 10.5. The van der Waals surface area contributed by atoms with E-state index >= 15 is 0 Å². The molecule has 3 aromatic rings. The molecule has 4 fully saturated rings. The quantitative estimate of drug-likeness (QED) is 0.158. The summed E-state index contributed by atoms with van der Waals surface area (Å²) in [5, 5.41) is 15.5. The number of hydrogen-bond donors (Lipinski definition) is 4. The van der Waals surface area contributed by atoms with E-state index in [0.717, 1.165) is 24.8 Å². The molecule has 1 saturated heterocycles. The molecule has 2 aromatic carbocycles. The lowest BCUT2D eigenvalue weighted by atomic mass is 9.81. The van der Waals surface area contributed by atoms with E-state index in [4.69, 9.17) is 14.5 Å². The Bertz CT molecular complexity index is 2200. The van der Waals surface area contributed by atoms with Gasteiger partial charge in [-0.05, 0) is 49.1 Å². The zero-order valence-electron chi connectivity index (χ0n) is 32.7. The minimum atomic E-state index is -4.05. The lowest BCUT2D eigenvalue weighted by Crippen LogP contribution is -2.60. The minimum Gasteiger partial charge on any atom is -0.497 e. The standard InChI is InChI=1S/C42H51N5O9S/c1-6-27-23-42(27,38(50)46-57(53,54)41(17-18-41)22-25-11-10-12-25)45-36(48)33-20-29(24-47(33)37(49)35(40(2,3)4)44-39(51)52)56-34-21-31(26-13-8-7-9-14-26)43-32-19-28(55-5)15-16-30(32)34/h6-9,13-16,19,21,25,27,29,33,35,44H,1,10-12,17-18,20,22-24H2,2-5H3,(H,45,48)(H,46,50)(H,51,52). The first-order valence-corrected chi connectivity index (χ1v) is 21.0. The summed E-state index contributed by atoms with van der Waals surface area (Å²) in [5.74, 6) is -1.37. The van der Waals surface area contributed by atoms with E-state index in [1.54, 1.807) is 46.1 Å². The van der Waals surface area contributed by atoms with E-state index in [9.17, 15) is 32.7 Å². The number of fused-ring (bicyclic) bond motifs is 1. The molecule has 15 heteroatoms. The van der Waals surface area contributed by atoms with Crippen LogP contribution in [0.15, 0.2) is 67.3 Å². The molecule has 1 aliphatic heterocycles. The first kappa shape index (κ1) is 40.0. The maximum atomic E-state index is 14.5. The Morgan fingerprint density at radius 1 is 1.09 bits per heavy atom. The molecule has 2 heterocycles. The van der Waals surface area contributed by atoms with Gasteiger partial charge in [0.15, 0.2) is 0 Å². The molecular weight excluding hydrogens is 751 g/mol. The van der Waals surface area contributed by atoms with Crippen molar-refractivity contribution in [1.29, 1.82) is 0 Å². The van der Waals surface area contributed by atoms with Gasteiger partial charge < -0.3 is 30.1 Å². The summed E-state index contributed by atoms with van der Waals surface area (Å²) in [6.45, 7) is 8.87. The zero-order valence-corrected chi connectivity index (χ0v) is 33.6. The van der Waals surface area contributed by atoms with Crippen molar-refractivity contribution in [2.75, 3.05) is 13.7 Å². The number of carbonyl (C=O) groups excluding carboxylic acids is 3. The Morgan fingerprint density at radius 2 is 1.81 bits per heavy atom. The van der Waals surface area contributed by atoms with Crippen LogP contribution in [0.4, 0.5) is 4.79 Å². The second kappa shape index (κ2) is 15.0. The van der Waals surface area contributed by atoms with Gasteiger partial charge in [0.1, 0.15) is 35.2 Å². The second-order valence-electron chi connectivity index (χ2n) is 17.1. The number of pyridine rings is 1. The molecular formula is C42H51N5O9S. The van der Waals surface area contributed by atoms with Gasteiger partial charge in [-0.2, -0.15) is 0 Å². The normalized spacial score (nSPS) is 24.4. The van der Waals surface area contributed by atoms with Crippen LogP contribution in [-0.4, -0.2) is 89.4 Å². The van der Waals surface area contributed by atoms with Crippen LogP contribution in [0, 0.1) is 17.3 Å². The molecule has 0 spiro atoms. The third-order valence-electron chi connectivity index (χ3n) is 12.1. The van der Waals surface area contributed by atoms with Crippen molar-refractivity contribution in [3.63, 3.8) is 0 Å². The molecule has 3 saturated carbocycles. The Hall–Kier alpha value is -5.18. The predicted octanol–water partition coefficient (Wildman–Crippen LogP) is 5.17. The first-order valence-electron chi connectivity index (χ1n) is 19.5. The van der Waals surface area contributed by atoms with Crippen LogP contribution in [-0.2, 0) is 24.4 Å². The summed E-state index contributed by atoms with van der Waals surface area (Å²) in [7, 11) is -2.49. The zero-order chi connectivity index (χ0) is 40.9. The molecule has 4 N–H and O–H groups in total. The molecule has 4 aliphatic rings. The Balaban J connectivity index is 1.19. The number of aromatic nitrogens is 1. The molecule has 0 radical (unpaired) electrons. The van der Waals surface area contributed by atoms with Crippen molar-refractivity contribution in [3.8, 4) is 22.8 Å². The van der Waals surface area contributed by atoms with E-state index in [-0.39, 0.29) is 19.4 Å². The highest BCUT2D eigenvalue weighted by atomic mass is 32.2. The van der Waals surface area contributed by atoms with Crippen molar-refractivity contribution in [2.24, 2.45) is 17.3 Å². The number of benzene rings is 2. The molecule has 304 valence electrons. The SMILES string of the molecule is C=CC1CC1(NC(=O)C1CC(Oc2cc(-c3ccccc3)nc3cc(OC)ccc23)CN1C(=O)C(NC(=O)O)C(C)(C)C)C(=O)NS(=O)(=O)C1(CC2CCC2)CC1. The van der Waals surface area contributed by atoms with Crippen LogP contribution >= 0.6 is 0 Å². The van der Waals surface area contributed by atoms with Crippen LogP contribution < -0.4 is 24.8 Å². The highest BCUT2D eigenvalue weighted by Crippen LogP contribution is 2.52. The molecule has 14 nitrogen and oxygen atoms in total. The monoisotopic (exact) mass is 801 g/mol. The van der Waals surface area contributed by atoms with E-state index in [0.29, 0.717) is 53.3 Å². The van der Waals surface area contributed by atoms with E-state index in [2.05, 4.69) is 21.9 Å². The molecule has 57 heavy (non-hydrogen) atoms. The predicted molar refractivity (Wildman–Crippen MR) is 213 cm³/mol. The van der Waals surface area contributed by atoms with Crippen LogP contribution in [0.25, 0.3) is 22.2 Å². The van der Waals surface area contributed by atoms with E-state index < -0.39 is 73.6 Å². The summed E-state index contributed by atoms with van der Waals surface area (Å²) in [5.41, 5.74) is -0.434. The third kappa shape index (κ3) is 7.90. The summed E-state index contributed by atoms with van der Waals surface area (Å²) in [6.07, 6.45) is 3.94. The average molecular weight is 802 g/mol. The summed E-state index contributed by atoms with van der Waals surface area (Å²) in [6, 6.07) is 14.3. The van der Waals surface area contributed by atoms with Gasteiger partial charge in [-0.15, -0.1) is 6.58 Å². The fraction of sp³-hybridized carbons (Fsp3) is 0.500. The largest absolute Gasteiger partial charge is 0.497 e. The number of nitrogens with one attached hydrogen (secondary N) is 3. The van der Waals surface area contributed by atoms with Gasteiger partial charge >= 0.3 is 6.09 Å². The second-order valence-corrected chi connectivity index (χ2v) is 19.2. The fourth-order valence-corrected chi connectivity index (χ4v) is 9.99. The van der Waals surface area contributed by atoms with Crippen molar-refractivity contribution < 1.29 is 42.2 Å². The van der Waals surface area contributed by atoms with Crippen LogP contribution in [0.2, 0.25) is 0 Å².